The Morgan fingerprint density at radius 3 is 2.53 bits per heavy atom. The summed E-state index contributed by atoms with van der Waals surface area (Å²) >= 11 is 0. The van der Waals surface area contributed by atoms with Crippen LogP contribution in [-0.2, 0) is 4.79 Å². The molecule has 1 unspecified atom stereocenters. The molecule has 1 aromatic carbocycles. The lowest BCUT2D eigenvalue weighted by Gasteiger charge is -2.33. The fourth-order valence-electron chi connectivity index (χ4n) is 4.43. The number of nitrogens with two attached hydrogens (primary N) is 2. The van der Waals surface area contributed by atoms with E-state index in [4.69, 9.17) is 5.73 Å². The van der Waals surface area contributed by atoms with E-state index in [1.54, 1.807) is 4.90 Å². The first-order valence-electron chi connectivity index (χ1n) is 11.6. The predicted molar refractivity (Wildman–Crippen MR) is 123 cm³/mol. The van der Waals surface area contributed by atoms with Gasteiger partial charge in [0.05, 0.1) is 12.1 Å². The van der Waals surface area contributed by atoms with E-state index in [0.717, 1.165) is 23.4 Å². The van der Waals surface area contributed by atoms with Crippen LogP contribution in [0.5, 0.6) is 0 Å². The second-order valence-electron chi connectivity index (χ2n) is 10.4. The van der Waals surface area contributed by atoms with Gasteiger partial charge in [-0.15, -0.1) is 0 Å². The van der Waals surface area contributed by atoms with Crippen LogP contribution in [-0.4, -0.2) is 72.2 Å². The first-order valence-corrected chi connectivity index (χ1v) is 11.6. The van der Waals surface area contributed by atoms with E-state index in [9.17, 15) is 23.5 Å². The minimum absolute atomic E-state index is 0.220. The first-order chi connectivity index (χ1) is 15.9. The molecule has 0 aromatic heterocycles. The number of primary amides is 1. The second-order valence-corrected chi connectivity index (χ2v) is 10.4. The summed E-state index contributed by atoms with van der Waals surface area (Å²) < 4.78 is 27.2. The third-order valence-electron chi connectivity index (χ3n) is 6.47. The summed E-state index contributed by atoms with van der Waals surface area (Å²) in [5.41, 5.74) is 7.78. The summed E-state index contributed by atoms with van der Waals surface area (Å²) in [5.74, 6) is -2.14. The van der Waals surface area contributed by atoms with Crippen LogP contribution in [0.3, 0.4) is 0 Å². The van der Waals surface area contributed by atoms with Crippen molar-refractivity contribution >= 4 is 11.9 Å². The fourth-order valence-corrected chi connectivity index (χ4v) is 4.43. The molecular weight excluding hydrogens is 444 g/mol. The summed E-state index contributed by atoms with van der Waals surface area (Å²) in [7, 11) is 1.92. The number of likely N-dealkylation sites (N-methyl/N-ethyl adjacent to an activating group) is 1. The van der Waals surface area contributed by atoms with Crippen molar-refractivity contribution < 1.29 is 28.8 Å². The Hall–Kier alpha value is -2.40. The number of carbonyl (C=O) groups excluding carboxylic acids is 2. The Bertz CT molecular complexity index is 962. The zero-order chi connectivity index (χ0) is 25.2. The van der Waals surface area contributed by atoms with Gasteiger partial charge in [-0.1, -0.05) is 26.8 Å². The number of β-amino-alcohol motifs (C(OH)–C–C–N with tert-alkyl or cyclic N) is 1. The molecular formula is C24H36F2N5O3+. The summed E-state index contributed by atoms with van der Waals surface area (Å²) in [6.07, 6.45) is 0.536. The van der Waals surface area contributed by atoms with Gasteiger partial charge in [-0.3, -0.25) is 10.1 Å². The van der Waals surface area contributed by atoms with Crippen molar-refractivity contribution in [1.82, 2.24) is 15.1 Å². The Morgan fingerprint density at radius 2 is 1.94 bits per heavy atom. The SMILES string of the molecule is CN1CCC([NH2+]C(=O)N[C@H](C(=O)N2CC[C@@H](O)C2)C(C)(C)C)=C(C(N)c2ccc(F)c(F)c2)C1. The molecule has 3 amide bonds. The number of aliphatic hydroxyl groups excluding tert-OH is 1. The zero-order valence-corrected chi connectivity index (χ0v) is 20.3. The highest BCUT2D eigenvalue weighted by Gasteiger charge is 2.39. The maximum atomic E-state index is 13.8. The number of benzene rings is 1. The van der Waals surface area contributed by atoms with Gasteiger partial charge in [-0.2, -0.15) is 0 Å². The number of likely N-dealkylation sites (tertiary alicyclic amines) is 1. The molecule has 1 fully saturated rings. The Labute approximate surface area is 199 Å². The molecule has 8 nitrogen and oxygen atoms in total. The molecule has 2 aliphatic rings. The van der Waals surface area contributed by atoms with Crippen LogP contribution in [0.2, 0.25) is 0 Å². The molecule has 0 bridgehead atoms. The molecule has 0 spiro atoms. The molecule has 0 radical (unpaired) electrons. The molecule has 0 saturated carbocycles. The first kappa shape index (κ1) is 26.2. The van der Waals surface area contributed by atoms with E-state index in [1.807, 2.05) is 32.7 Å². The Balaban J connectivity index is 1.80. The standard InChI is InChI=1S/C24H35F2N5O3/c1-24(2,3)21(22(33)31-10-7-15(32)12-31)29-23(34)28-19-8-9-30(4)13-16(19)20(27)14-5-6-17(25)18(26)11-14/h5-6,11,15,20-21,32H,7-10,12-13,27H2,1-4H3,(H2,28,29,34)/p+1/t15-,20?,21-/m1/s1. The third-order valence-corrected chi connectivity index (χ3v) is 6.47. The van der Waals surface area contributed by atoms with E-state index >= 15 is 0 Å². The molecule has 34 heavy (non-hydrogen) atoms. The summed E-state index contributed by atoms with van der Waals surface area (Å²) in [4.78, 5) is 29.8. The lowest BCUT2D eigenvalue weighted by molar-refractivity contribution is -0.508. The maximum absolute atomic E-state index is 13.8. The van der Waals surface area contributed by atoms with Gasteiger partial charge in [-0.25, -0.2) is 18.9 Å². The number of urea groups is 1. The maximum Gasteiger partial charge on any atom is 0.418 e. The summed E-state index contributed by atoms with van der Waals surface area (Å²) in [6, 6.07) is 1.68. The monoisotopic (exact) mass is 480 g/mol. The highest BCUT2D eigenvalue weighted by atomic mass is 19.2. The molecule has 0 aliphatic carbocycles. The highest BCUT2D eigenvalue weighted by molar-refractivity contribution is 5.86. The largest absolute Gasteiger partial charge is 0.418 e. The predicted octanol–water partition coefficient (Wildman–Crippen LogP) is 0.835. The van der Waals surface area contributed by atoms with Crippen molar-refractivity contribution in [3.63, 3.8) is 0 Å². The average Bonchev–Trinajstić information content (AvgIpc) is 3.20. The zero-order valence-electron chi connectivity index (χ0n) is 20.3. The Morgan fingerprint density at radius 1 is 1.24 bits per heavy atom. The van der Waals surface area contributed by atoms with Crippen molar-refractivity contribution in [2.24, 2.45) is 11.1 Å². The second kappa shape index (κ2) is 10.5. The van der Waals surface area contributed by atoms with Gasteiger partial charge in [0, 0.05) is 38.2 Å². The van der Waals surface area contributed by atoms with E-state index in [1.165, 1.54) is 11.4 Å². The van der Waals surface area contributed by atoms with Crippen LogP contribution >= 0.6 is 0 Å². The molecule has 2 aliphatic heterocycles. The molecule has 6 N–H and O–H groups in total. The smallest absolute Gasteiger partial charge is 0.391 e. The molecule has 188 valence electrons. The number of nitrogens with zero attached hydrogens (tertiary/aromatic N) is 2. The summed E-state index contributed by atoms with van der Waals surface area (Å²) in [5, 5.41) is 14.1. The van der Waals surface area contributed by atoms with Gasteiger partial charge in [0.2, 0.25) is 5.91 Å². The van der Waals surface area contributed by atoms with Gasteiger partial charge >= 0.3 is 6.03 Å². The average molecular weight is 481 g/mol. The molecule has 3 atom stereocenters. The van der Waals surface area contributed by atoms with Gasteiger partial charge in [-0.05, 0) is 36.6 Å². The number of carbonyl (C=O) groups is 2. The van der Waals surface area contributed by atoms with Gasteiger partial charge in [0.1, 0.15) is 11.7 Å². The van der Waals surface area contributed by atoms with E-state index in [-0.39, 0.29) is 12.5 Å². The lowest BCUT2D eigenvalue weighted by atomic mass is 9.86. The topological polar surface area (TPSA) is 116 Å². The summed E-state index contributed by atoms with van der Waals surface area (Å²) in [6.45, 7) is 7.53. The minimum Gasteiger partial charge on any atom is -0.391 e. The van der Waals surface area contributed by atoms with E-state index < -0.39 is 41.3 Å². The van der Waals surface area contributed by atoms with Gasteiger partial charge in [0.25, 0.3) is 0 Å². The number of halogens is 2. The molecule has 2 heterocycles. The Kier molecular flexibility index (Phi) is 8.07. The van der Waals surface area contributed by atoms with Gasteiger partial charge < -0.3 is 20.6 Å². The number of hydrogen-bond donors (Lipinski definition) is 4. The van der Waals surface area contributed by atoms with Gasteiger partial charge in [0.15, 0.2) is 11.6 Å². The quantitative estimate of drug-likeness (QED) is 0.499. The van der Waals surface area contributed by atoms with Crippen molar-refractivity contribution in [2.75, 3.05) is 33.2 Å². The number of amides is 3. The number of quaternary nitrogens is 1. The van der Waals surface area contributed by atoms with Crippen LogP contribution < -0.4 is 16.4 Å². The minimum atomic E-state index is -0.973. The molecule has 10 heteroatoms. The van der Waals surface area contributed by atoms with Crippen LogP contribution in [0.15, 0.2) is 29.5 Å². The van der Waals surface area contributed by atoms with Crippen molar-refractivity contribution in [1.29, 1.82) is 0 Å². The van der Waals surface area contributed by atoms with Crippen LogP contribution in [0.25, 0.3) is 0 Å². The third kappa shape index (κ3) is 6.18. The van der Waals surface area contributed by atoms with E-state index in [0.29, 0.717) is 38.0 Å². The lowest BCUT2D eigenvalue weighted by Crippen LogP contribution is -2.90. The fraction of sp³-hybridized carbons (Fsp3) is 0.583. The van der Waals surface area contributed by atoms with Crippen LogP contribution in [0, 0.1) is 17.0 Å². The number of hydrogen-bond acceptors (Lipinski definition) is 5. The number of nitrogens with one attached hydrogen (secondary N) is 1. The molecule has 1 saturated heterocycles. The molecule has 3 rings (SSSR count). The van der Waals surface area contributed by atoms with Crippen LogP contribution in [0.1, 0.15) is 45.2 Å². The van der Waals surface area contributed by atoms with Crippen molar-refractivity contribution in [3.05, 3.63) is 46.7 Å². The van der Waals surface area contributed by atoms with Crippen LogP contribution in [0.4, 0.5) is 13.6 Å². The van der Waals surface area contributed by atoms with Crippen molar-refractivity contribution in [3.8, 4) is 0 Å². The normalized spacial score (nSPS) is 21.5. The highest BCUT2D eigenvalue weighted by Crippen LogP contribution is 2.26. The molecule has 1 aromatic rings. The van der Waals surface area contributed by atoms with E-state index in [2.05, 4.69) is 5.32 Å². The van der Waals surface area contributed by atoms with Crippen molar-refractivity contribution in [2.45, 2.75) is 51.8 Å². The number of aliphatic hydroxyl groups is 1. The number of rotatable bonds is 5.